The van der Waals surface area contributed by atoms with Crippen LogP contribution in [-0.2, 0) is 9.16 Å². The molecule has 2 unspecified atom stereocenters. The highest BCUT2D eigenvalue weighted by molar-refractivity contribution is 6.99. The molecule has 0 aliphatic carbocycles. The van der Waals surface area contributed by atoms with Crippen LogP contribution in [-0.4, -0.2) is 38.6 Å². The molecule has 0 aromatic heterocycles. The van der Waals surface area contributed by atoms with Gasteiger partial charge in [0.15, 0.2) is 12.5 Å². The average molecular weight is 375 g/mol. The first kappa shape index (κ1) is 19.2. The Bertz CT molecular complexity index is 653. The number of halogens is 1. The van der Waals surface area contributed by atoms with E-state index in [1.165, 1.54) is 10.4 Å². The quantitative estimate of drug-likeness (QED) is 0.818. The lowest BCUT2D eigenvalue weighted by Crippen LogP contribution is -2.67. The molecule has 2 aromatic carbocycles. The Morgan fingerprint density at radius 1 is 1.04 bits per heavy atom. The topological polar surface area (TPSA) is 38.7 Å². The van der Waals surface area contributed by atoms with E-state index in [9.17, 15) is 9.50 Å². The Morgan fingerprint density at radius 2 is 1.54 bits per heavy atom. The van der Waals surface area contributed by atoms with Crippen LogP contribution in [0.2, 0.25) is 5.04 Å². The molecule has 3 rings (SSSR count). The van der Waals surface area contributed by atoms with Gasteiger partial charge < -0.3 is 14.3 Å². The average Bonchev–Trinajstić information content (AvgIpc) is 2.94. The largest absolute Gasteiger partial charge is 0.405 e. The molecule has 1 fully saturated rings. The van der Waals surface area contributed by atoms with Crippen molar-refractivity contribution < 1.29 is 18.7 Å². The van der Waals surface area contributed by atoms with Gasteiger partial charge in [-0.2, -0.15) is 0 Å². The molecule has 3 nitrogen and oxygen atoms in total. The van der Waals surface area contributed by atoms with Gasteiger partial charge in [-0.25, -0.2) is 4.39 Å². The van der Waals surface area contributed by atoms with E-state index >= 15 is 0 Å². The Morgan fingerprint density at radius 3 is 1.92 bits per heavy atom. The van der Waals surface area contributed by atoms with Crippen molar-refractivity contribution in [1.82, 2.24) is 0 Å². The van der Waals surface area contributed by atoms with E-state index < -0.39 is 26.9 Å². The third-order valence-electron chi connectivity index (χ3n) is 5.03. The fraction of sp³-hybridized carbons (Fsp3) is 0.429. The minimum absolute atomic E-state index is 0.137. The van der Waals surface area contributed by atoms with Crippen molar-refractivity contribution in [3.8, 4) is 0 Å². The smallest absolute Gasteiger partial charge is 0.261 e. The molecule has 1 aliphatic heterocycles. The first-order valence-corrected chi connectivity index (χ1v) is 11.0. The SMILES string of the molecule is CC(C)(C)[Si](OCC1CC(F)[C@@H](O)O1)(c1ccccc1)c1ccccc1. The Kier molecular flexibility index (Phi) is 5.63. The zero-order chi connectivity index (χ0) is 18.8. The summed E-state index contributed by atoms with van der Waals surface area (Å²) in [6.07, 6.45) is -2.95. The number of aliphatic hydroxyl groups is 1. The number of alkyl halides is 1. The molecule has 5 heteroatoms. The summed E-state index contributed by atoms with van der Waals surface area (Å²) in [5.41, 5.74) is 0. The van der Waals surface area contributed by atoms with Gasteiger partial charge in [0, 0.05) is 6.42 Å². The van der Waals surface area contributed by atoms with Crippen molar-refractivity contribution in [2.24, 2.45) is 0 Å². The Labute approximate surface area is 155 Å². The van der Waals surface area contributed by atoms with Crippen molar-refractivity contribution in [3.63, 3.8) is 0 Å². The van der Waals surface area contributed by atoms with Crippen LogP contribution < -0.4 is 10.4 Å². The van der Waals surface area contributed by atoms with E-state index in [-0.39, 0.29) is 18.1 Å². The molecule has 0 amide bonds. The van der Waals surface area contributed by atoms with Gasteiger partial charge in [0.25, 0.3) is 8.32 Å². The molecular weight excluding hydrogens is 347 g/mol. The maximum atomic E-state index is 13.6. The van der Waals surface area contributed by atoms with Gasteiger partial charge in [-0.05, 0) is 15.4 Å². The third kappa shape index (κ3) is 3.62. The van der Waals surface area contributed by atoms with Crippen molar-refractivity contribution in [2.75, 3.05) is 6.61 Å². The third-order valence-corrected chi connectivity index (χ3v) is 10.0. The van der Waals surface area contributed by atoms with Crippen LogP contribution in [0.25, 0.3) is 0 Å². The van der Waals surface area contributed by atoms with E-state index in [0.717, 1.165) is 0 Å². The van der Waals surface area contributed by atoms with Crippen molar-refractivity contribution in [1.29, 1.82) is 0 Å². The second kappa shape index (κ2) is 7.60. The summed E-state index contributed by atoms with van der Waals surface area (Å²) < 4.78 is 25.7. The number of rotatable bonds is 5. The maximum absolute atomic E-state index is 13.6. The van der Waals surface area contributed by atoms with Crippen LogP contribution >= 0.6 is 0 Å². The molecule has 26 heavy (non-hydrogen) atoms. The molecule has 2 aromatic rings. The fourth-order valence-corrected chi connectivity index (χ4v) is 8.38. The summed E-state index contributed by atoms with van der Waals surface area (Å²) >= 11 is 0. The standard InChI is InChI=1S/C21H27FO3Si/c1-21(2,3)26(17-10-6-4-7-11-17,18-12-8-5-9-13-18)24-15-16-14-19(22)20(23)25-16/h4-13,16,19-20,23H,14-15H2,1-3H3/t16?,19?,20-/m0/s1. The van der Waals surface area contributed by atoms with Crippen LogP contribution in [0.5, 0.6) is 0 Å². The van der Waals surface area contributed by atoms with Crippen LogP contribution in [0, 0.1) is 0 Å². The van der Waals surface area contributed by atoms with Crippen molar-refractivity contribution in [2.45, 2.75) is 50.8 Å². The molecule has 1 N–H and O–H groups in total. The fourth-order valence-electron chi connectivity index (χ4n) is 3.79. The minimum atomic E-state index is -2.64. The van der Waals surface area contributed by atoms with Crippen LogP contribution in [0.1, 0.15) is 27.2 Å². The summed E-state index contributed by atoms with van der Waals surface area (Å²) in [7, 11) is -2.64. The lowest BCUT2D eigenvalue weighted by molar-refractivity contribution is -0.118. The van der Waals surface area contributed by atoms with E-state index in [4.69, 9.17) is 9.16 Å². The first-order valence-electron chi connectivity index (χ1n) is 9.07. The van der Waals surface area contributed by atoms with Crippen LogP contribution in [0.4, 0.5) is 4.39 Å². The lowest BCUT2D eigenvalue weighted by atomic mass is 10.2. The second-order valence-corrected chi connectivity index (χ2v) is 12.2. The highest BCUT2D eigenvalue weighted by atomic mass is 28.4. The molecule has 3 atom stereocenters. The van der Waals surface area contributed by atoms with E-state index in [1.54, 1.807) is 0 Å². The van der Waals surface area contributed by atoms with Gasteiger partial charge in [-0.15, -0.1) is 0 Å². The lowest BCUT2D eigenvalue weighted by Gasteiger charge is -2.43. The predicted molar refractivity (Wildman–Crippen MR) is 104 cm³/mol. The molecule has 140 valence electrons. The summed E-state index contributed by atoms with van der Waals surface area (Å²) in [4.78, 5) is 0. The van der Waals surface area contributed by atoms with Gasteiger partial charge in [0.1, 0.15) is 0 Å². The molecule has 1 saturated heterocycles. The summed E-state index contributed by atoms with van der Waals surface area (Å²) in [6, 6.07) is 20.6. The summed E-state index contributed by atoms with van der Waals surface area (Å²) in [5.74, 6) is 0. The second-order valence-electron chi connectivity index (χ2n) is 7.87. The van der Waals surface area contributed by atoms with Crippen molar-refractivity contribution in [3.05, 3.63) is 60.7 Å². The molecule has 0 saturated carbocycles. The highest BCUT2D eigenvalue weighted by Crippen LogP contribution is 2.37. The number of benzene rings is 2. The van der Waals surface area contributed by atoms with Gasteiger partial charge in [0.2, 0.25) is 0 Å². The number of hydrogen-bond acceptors (Lipinski definition) is 3. The molecular formula is C21H27FO3Si. The van der Waals surface area contributed by atoms with E-state index in [0.29, 0.717) is 0 Å². The zero-order valence-corrected chi connectivity index (χ0v) is 16.6. The zero-order valence-electron chi connectivity index (χ0n) is 15.6. The molecule has 0 bridgehead atoms. The van der Waals surface area contributed by atoms with E-state index in [1.807, 2.05) is 36.4 Å². The van der Waals surface area contributed by atoms with Crippen LogP contribution in [0.3, 0.4) is 0 Å². The predicted octanol–water partition coefficient (Wildman–Crippen LogP) is 3.01. The van der Waals surface area contributed by atoms with Gasteiger partial charge >= 0.3 is 0 Å². The Hall–Kier alpha value is -1.53. The summed E-state index contributed by atoms with van der Waals surface area (Å²) in [6.45, 7) is 6.86. The van der Waals surface area contributed by atoms with Gasteiger partial charge in [0.05, 0.1) is 12.7 Å². The number of hydrogen-bond donors (Lipinski definition) is 1. The Balaban J connectivity index is 2.00. The first-order chi connectivity index (χ1) is 12.3. The van der Waals surface area contributed by atoms with Crippen LogP contribution in [0.15, 0.2) is 60.7 Å². The maximum Gasteiger partial charge on any atom is 0.261 e. The van der Waals surface area contributed by atoms with Gasteiger partial charge in [-0.1, -0.05) is 81.4 Å². The monoisotopic (exact) mass is 374 g/mol. The summed E-state index contributed by atoms with van der Waals surface area (Å²) in [5, 5.41) is 11.8. The number of aliphatic hydroxyl groups excluding tert-OH is 1. The molecule has 1 aliphatic rings. The molecule has 1 heterocycles. The highest BCUT2D eigenvalue weighted by Gasteiger charge is 2.51. The van der Waals surface area contributed by atoms with Crippen molar-refractivity contribution >= 4 is 18.7 Å². The molecule has 0 spiro atoms. The minimum Gasteiger partial charge on any atom is -0.405 e. The molecule has 0 radical (unpaired) electrons. The normalized spacial score (nSPS) is 24.0. The van der Waals surface area contributed by atoms with E-state index in [2.05, 4.69) is 45.0 Å². The van der Waals surface area contributed by atoms with Gasteiger partial charge in [-0.3, -0.25) is 0 Å². The number of ether oxygens (including phenoxy) is 1.